The molecule has 108 valence electrons. The monoisotopic (exact) mass is 265 g/mol. The third-order valence-corrected chi connectivity index (χ3v) is 1.76. The van der Waals surface area contributed by atoms with Gasteiger partial charge in [-0.3, -0.25) is 4.90 Å². The SMILES string of the molecule is CC(C)COC(=O)N(COCCO)COCCO. The lowest BCUT2D eigenvalue weighted by Gasteiger charge is -2.22. The molecule has 0 unspecified atom stereocenters. The summed E-state index contributed by atoms with van der Waals surface area (Å²) in [6.45, 7) is 4.16. The Labute approximate surface area is 107 Å². The first-order chi connectivity index (χ1) is 8.61. The van der Waals surface area contributed by atoms with Crippen LogP contribution in [-0.4, -0.2) is 67.7 Å². The zero-order valence-electron chi connectivity index (χ0n) is 11.0. The Kier molecular flexibility index (Phi) is 10.7. The molecule has 0 aliphatic heterocycles. The van der Waals surface area contributed by atoms with Crippen molar-refractivity contribution in [2.45, 2.75) is 13.8 Å². The van der Waals surface area contributed by atoms with Crippen LogP contribution in [0.1, 0.15) is 13.8 Å². The molecular formula is C11H23NO6. The number of amides is 1. The van der Waals surface area contributed by atoms with E-state index in [0.717, 1.165) is 0 Å². The number of carbonyl (C=O) groups excluding carboxylic acids is 1. The molecule has 0 rings (SSSR count). The van der Waals surface area contributed by atoms with E-state index in [-0.39, 0.29) is 45.8 Å². The Morgan fingerprint density at radius 3 is 2.00 bits per heavy atom. The second-order valence-corrected chi connectivity index (χ2v) is 4.03. The summed E-state index contributed by atoms with van der Waals surface area (Å²) in [5.41, 5.74) is 0. The molecule has 0 aromatic rings. The average Bonchev–Trinajstić information content (AvgIpc) is 2.34. The van der Waals surface area contributed by atoms with E-state index < -0.39 is 6.09 Å². The van der Waals surface area contributed by atoms with E-state index in [1.54, 1.807) is 0 Å². The third kappa shape index (κ3) is 9.17. The molecule has 7 heteroatoms. The van der Waals surface area contributed by atoms with Gasteiger partial charge in [-0.1, -0.05) is 13.8 Å². The summed E-state index contributed by atoms with van der Waals surface area (Å²) in [4.78, 5) is 12.9. The van der Waals surface area contributed by atoms with Crippen LogP contribution in [0.3, 0.4) is 0 Å². The summed E-state index contributed by atoms with van der Waals surface area (Å²) in [7, 11) is 0. The summed E-state index contributed by atoms with van der Waals surface area (Å²) in [5.74, 6) is 0.243. The lowest BCUT2D eigenvalue weighted by atomic mass is 10.2. The van der Waals surface area contributed by atoms with Gasteiger partial charge in [0, 0.05) is 0 Å². The minimum absolute atomic E-state index is 0.0249. The second-order valence-electron chi connectivity index (χ2n) is 4.03. The molecule has 0 fully saturated rings. The van der Waals surface area contributed by atoms with E-state index >= 15 is 0 Å². The predicted octanol–water partition coefficient (Wildman–Crippen LogP) is 0.0138. The van der Waals surface area contributed by atoms with Gasteiger partial charge in [-0.2, -0.15) is 0 Å². The van der Waals surface area contributed by atoms with Crippen molar-refractivity contribution < 1.29 is 29.2 Å². The highest BCUT2D eigenvalue weighted by molar-refractivity contribution is 5.67. The van der Waals surface area contributed by atoms with Crippen molar-refractivity contribution in [3.63, 3.8) is 0 Å². The molecule has 0 heterocycles. The first-order valence-electron chi connectivity index (χ1n) is 5.90. The van der Waals surface area contributed by atoms with E-state index in [2.05, 4.69) is 0 Å². The van der Waals surface area contributed by atoms with E-state index in [4.69, 9.17) is 24.4 Å². The predicted molar refractivity (Wildman–Crippen MR) is 63.8 cm³/mol. The minimum Gasteiger partial charge on any atom is -0.449 e. The number of aliphatic hydroxyl groups is 2. The van der Waals surface area contributed by atoms with Gasteiger partial charge in [-0.05, 0) is 5.92 Å². The zero-order chi connectivity index (χ0) is 13.8. The molecule has 18 heavy (non-hydrogen) atoms. The number of carbonyl (C=O) groups is 1. The summed E-state index contributed by atoms with van der Waals surface area (Å²) in [6.07, 6.45) is -0.542. The van der Waals surface area contributed by atoms with Crippen LogP contribution in [0.15, 0.2) is 0 Å². The van der Waals surface area contributed by atoms with Crippen LogP contribution in [-0.2, 0) is 14.2 Å². The molecule has 0 aliphatic rings. The molecule has 0 atom stereocenters. The van der Waals surface area contributed by atoms with Gasteiger partial charge in [0.15, 0.2) is 0 Å². The quantitative estimate of drug-likeness (QED) is 0.427. The highest BCUT2D eigenvalue weighted by Gasteiger charge is 2.15. The molecule has 0 aromatic carbocycles. The van der Waals surface area contributed by atoms with Gasteiger partial charge in [0.05, 0.1) is 33.0 Å². The molecule has 1 amide bonds. The van der Waals surface area contributed by atoms with Crippen molar-refractivity contribution >= 4 is 6.09 Å². The van der Waals surface area contributed by atoms with Crippen molar-refractivity contribution in [2.75, 3.05) is 46.5 Å². The Hall–Kier alpha value is -0.890. The molecule has 0 bridgehead atoms. The smallest absolute Gasteiger partial charge is 0.413 e. The van der Waals surface area contributed by atoms with Crippen LogP contribution in [0.25, 0.3) is 0 Å². The van der Waals surface area contributed by atoms with Crippen molar-refractivity contribution in [3.8, 4) is 0 Å². The van der Waals surface area contributed by atoms with Crippen LogP contribution in [0, 0.1) is 5.92 Å². The molecule has 2 N–H and O–H groups in total. The Bertz CT molecular complexity index is 202. The molecule has 0 radical (unpaired) electrons. The largest absolute Gasteiger partial charge is 0.449 e. The topological polar surface area (TPSA) is 88.5 Å². The number of nitrogens with zero attached hydrogens (tertiary/aromatic N) is 1. The Morgan fingerprint density at radius 2 is 1.61 bits per heavy atom. The van der Waals surface area contributed by atoms with Gasteiger partial charge in [-0.25, -0.2) is 4.79 Å². The van der Waals surface area contributed by atoms with Gasteiger partial charge in [0.1, 0.15) is 13.5 Å². The maximum absolute atomic E-state index is 11.7. The molecule has 0 saturated carbocycles. The van der Waals surface area contributed by atoms with Crippen molar-refractivity contribution in [1.29, 1.82) is 0 Å². The van der Waals surface area contributed by atoms with E-state index in [9.17, 15) is 4.79 Å². The van der Waals surface area contributed by atoms with E-state index in [1.807, 2.05) is 13.8 Å². The van der Waals surface area contributed by atoms with Crippen LogP contribution in [0.4, 0.5) is 4.79 Å². The fourth-order valence-corrected chi connectivity index (χ4v) is 0.951. The van der Waals surface area contributed by atoms with Gasteiger partial charge >= 0.3 is 6.09 Å². The van der Waals surface area contributed by atoms with Crippen molar-refractivity contribution in [2.24, 2.45) is 5.92 Å². The summed E-state index contributed by atoms with van der Waals surface area (Å²) in [6, 6.07) is 0. The van der Waals surface area contributed by atoms with E-state index in [0.29, 0.717) is 6.61 Å². The first-order valence-corrected chi connectivity index (χ1v) is 5.90. The van der Waals surface area contributed by atoms with Crippen LogP contribution >= 0.6 is 0 Å². The van der Waals surface area contributed by atoms with E-state index in [1.165, 1.54) is 4.90 Å². The number of rotatable bonds is 10. The van der Waals surface area contributed by atoms with Crippen molar-refractivity contribution in [3.05, 3.63) is 0 Å². The zero-order valence-corrected chi connectivity index (χ0v) is 11.0. The number of hydrogen-bond acceptors (Lipinski definition) is 6. The van der Waals surface area contributed by atoms with Gasteiger partial charge < -0.3 is 24.4 Å². The lowest BCUT2D eigenvalue weighted by Crippen LogP contribution is -2.37. The van der Waals surface area contributed by atoms with Gasteiger partial charge in [0.25, 0.3) is 0 Å². The summed E-state index contributed by atoms with van der Waals surface area (Å²) >= 11 is 0. The fraction of sp³-hybridized carbons (Fsp3) is 0.909. The summed E-state index contributed by atoms with van der Waals surface area (Å²) < 4.78 is 15.1. The molecule has 0 aliphatic carbocycles. The second kappa shape index (κ2) is 11.2. The third-order valence-electron chi connectivity index (χ3n) is 1.76. The normalized spacial score (nSPS) is 10.7. The number of aliphatic hydroxyl groups excluding tert-OH is 2. The molecule has 0 aromatic heterocycles. The molecule has 7 nitrogen and oxygen atoms in total. The standard InChI is InChI=1S/C11H23NO6/c1-10(2)7-18-11(15)12(8-16-5-3-13)9-17-6-4-14/h10,13-14H,3-9H2,1-2H3. The lowest BCUT2D eigenvalue weighted by molar-refractivity contribution is -0.0518. The van der Waals surface area contributed by atoms with Gasteiger partial charge in [-0.15, -0.1) is 0 Å². The minimum atomic E-state index is -0.542. The number of ether oxygens (including phenoxy) is 3. The number of hydrogen-bond donors (Lipinski definition) is 2. The fourth-order valence-electron chi connectivity index (χ4n) is 0.951. The summed E-state index contributed by atoms with van der Waals surface area (Å²) in [5, 5.41) is 17.2. The molecule has 0 spiro atoms. The molecule has 0 saturated heterocycles. The average molecular weight is 265 g/mol. The highest BCUT2D eigenvalue weighted by Crippen LogP contribution is 2.00. The molecular weight excluding hydrogens is 242 g/mol. The first kappa shape index (κ1) is 17.1. The van der Waals surface area contributed by atoms with Crippen LogP contribution < -0.4 is 0 Å². The maximum atomic E-state index is 11.7. The maximum Gasteiger partial charge on any atom is 0.413 e. The Balaban J connectivity index is 4.03. The van der Waals surface area contributed by atoms with Crippen LogP contribution in [0.2, 0.25) is 0 Å². The van der Waals surface area contributed by atoms with Crippen LogP contribution in [0.5, 0.6) is 0 Å². The van der Waals surface area contributed by atoms with Gasteiger partial charge in [0.2, 0.25) is 0 Å². The highest BCUT2D eigenvalue weighted by atomic mass is 16.6. The van der Waals surface area contributed by atoms with Crippen molar-refractivity contribution in [1.82, 2.24) is 4.90 Å². The Morgan fingerprint density at radius 1 is 1.11 bits per heavy atom.